The van der Waals surface area contributed by atoms with Crippen LogP contribution in [0, 0.1) is 6.92 Å². The van der Waals surface area contributed by atoms with Gasteiger partial charge < -0.3 is 5.32 Å². The maximum Gasteiger partial charge on any atom is 0.248 e. The minimum Gasteiger partial charge on any atom is -0.323 e. The fraction of sp³-hybridized carbons (Fsp3) is 0.438. The van der Waals surface area contributed by atoms with E-state index in [1.54, 1.807) is 6.08 Å². The van der Waals surface area contributed by atoms with E-state index in [1.807, 2.05) is 72.7 Å². The summed E-state index contributed by atoms with van der Waals surface area (Å²) in [6.45, 7) is 13.8. The molecule has 0 unspecified atom stereocenters. The summed E-state index contributed by atoms with van der Waals surface area (Å²) in [7, 11) is 0. The largest absolute Gasteiger partial charge is 0.323 e. The fourth-order valence-electron chi connectivity index (χ4n) is 1.08. The maximum atomic E-state index is 11.3. The number of aryl methyl sites for hydroxylation is 1. The number of nitrogens with one attached hydrogen (secondary N) is 1. The van der Waals surface area contributed by atoms with Crippen molar-refractivity contribution in [2.24, 2.45) is 0 Å². The van der Waals surface area contributed by atoms with E-state index in [2.05, 4.69) is 5.32 Å². The molecule has 18 heavy (non-hydrogen) atoms. The van der Waals surface area contributed by atoms with Crippen LogP contribution in [0.15, 0.2) is 35.9 Å². The zero-order valence-corrected chi connectivity index (χ0v) is 12.8. The molecular formula is C16H27NO. The Labute approximate surface area is 112 Å². The molecule has 0 saturated heterocycles. The Kier molecular flexibility index (Phi) is 12.4. The predicted octanol–water partition coefficient (Wildman–Crippen LogP) is 4.95. The van der Waals surface area contributed by atoms with Crippen molar-refractivity contribution in [2.45, 2.75) is 48.5 Å². The van der Waals surface area contributed by atoms with E-state index < -0.39 is 0 Å². The van der Waals surface area contributed by atoms with Crippen molar-refractivity contribution in [1.29, 1.82) is 0 Å². The van der Waals surface area contributed by atoms with Crippen LogP contribution in [-0.4, -0.2) is 5.91 Å². The van der Waals surface area contributed by atoms with E-state index in [0.717, 1.165) is 11.3 Å². The summed E-state index contributed by atoms with van der Waals surface area (Å²) in [5.74, 6) is -0.0751. The number of carbonyl (C=O) groups excluding carboxylic acids is 1. The Hall–Kier alpha value is -1.57. The first-order valence-corrected chi connectivity index (χ1v) is 6.60. The van der Waals surface area contributed by atoms with Crippen LogP contribution in [0.1, 0.15) is 47.1 Å². The molecule has 1 aromatic carbocycles. The highest BCUT2D eigenvalue weighted by molar-refractivity contribution is 5.99. The van der Waals surface area contributed by atoms with Crippen molar-refractivity contribution >= 4 is 11.6 Å². The third kappa shape index (κ3) is 9.64. The molecule has 0 spiro atoms. The summed E-state index contributed by atoms with van der Waals surface area (Å²) in [4.78, 5) is 11.3. The van der Waals surface area contributed by atoms with E-state index in [-0.39, 0.29) is 5.91 Å². The van der Waals surface area contributed by atoms with Gasteiger partial charge in [-0.1, -0.05) is 51.0 Å². The van der Waals surface area contributed by atoms with Crippen molar-refractivity contribution in [3.05, 3.63) is 41.5 Å². The third-order valence-electron chi connectivity index (χ3n) is 1.74. The molecule has 1 N–H and O–H groups in total. The Morgan fingerprint density at radius 3 is 1.83 bits per heavy atom. The number of hydrogen-bond acceptors (Lipinski definition) is 1. The molecule has 0 aliphatic rings. The van der Waals surface area contributed by atoms with Crippen LogP contribution in [0.5, 0.6) is 0 Å². The molecule has 0 aliphatic heterocycles. The van der Waals surface area contributed by atoms with E-state index >= 15 is 0 Å². The van der Waals surface area contributed by atoms with Crippen molar-refractivity contribution in [2.75, 3.05) is 5.32 Å². The van der Waals surface area contributed by atoms with Crippen molar-refractivity contribution < 1.29 is 4.79 Å². The van der Waals surface area contributed by atoms with Gasteiger partial charge in [-0.05, 0) is 32.9 Å². The van der Waals surface area contributed by atoms with Gasteiger partial charge >= 0.3 is 0 Å². The van der Waals surface area contributed by atoms with E-state index in [9.17, 15) is 4.79 Å². The van der Waals surface area contributed by atoms with Crippen LogP contribution < -0.4 is 5.32 Å². The van der Waals surface area contributed by atoms with Gasteiger partial charge in [0, 0.05) is 11.8 Å². The van der Waals surface area contributed by atoms with Crippen LogP contribution in [0.3, 0.4) is 0 Å². The van der Waals surface area contributed by atoms with E-state index in [4.69, 9.17) is 0 Å². The van der Waals surface area contributed by atoms with Crippen LogP contribution in [-0.2, 0) is 4.79 Å². The topological polar surface area (TPSA) is 29.1 Å². The average Bonchev–Trinajstić information content (AvgIpc) is 2.36. The summed E-state index contributed by atoms with van der Waals surface area (Å²) in [5.41, 5.74) is 3.01. The molecule has 1 amide bonds. The fourth-order valence-corrected chi connectivity index (χ4v) is 1.08. The van der Waals surface area contributed by atoms with Gasteiger partial charge in [-0.2, -0.15) is 0 Å². The average molecular weight is 249 g/mol. The molecule has 2 heteroatoms. The molecule has 0 atom stereocenters. The van der Waals surface area contributed by atoms with Crippen molar-refractivity contribution in [1.82, 2.24) is 0 Å². The lowest BCUT2D eigenvalue weighted by molar-refractivity contribution is -0.111. The first kappa shape index (κ1) is 18.8. The molecule has 0 heterocycles. The third-order valence-corrected chi connectivity index (χ3v) is 1.74. The highest BCUT2D eigenvalue weighted by Crippen LogP contribution is 2.08. The van der Waals surface area contributed by atoms with Crippen LogP contribution in [0.2, 0.25) is 0 Å². The number of benzene rings is 1. The summed E-state index contributed by atoms with van der Waals surface area (Å²) in [6.07, 6.45) is 1.58. The van der Waals surface area contributed by atoms with Crippen LogP contribution in [0.4, 0.5) is 5.69 Å². The van der Waals surface area contributed by atoms with Gasteiger partial charge in [0.05, 0.1) is 0 Å². The molecule has 2 nitrogen and oxygen atoms in total. The zero-order chi connectivity index (χ0) is 14.6. The summed E-state index contributed by atoms with van der Waals surface area (Å²) in [5, 5.41) is 2.79. The lowest BCUT2D eigenvalue weighted by Gasteiger charge is -2.02. The molecule has 0 aliphatic carbocycles. The van der Waals surface area contributed by atoms with Gasteiger partial charge in [0.25, 0.3) is 0 Å². The number of hydrogen-bond donors (Lipinski definition) is 1. The Bertz CT molecular complexity index is 346. The van der Waals surface area contributed by atoms with Gasteiger partial charge in [-0.25, -0.2) is 0 Å². The quantitative estimate of drug-likeness (QED) is 0.738. The highest BCUT2D eigenvalue weighted by Gasteiger charge is 1.96. The monoisotopic (exact) mass is 249 g/mol. The molecule has 0 fully saturated rings. The number of amides is 1. The number of allylic oxidation sites excluding steroid dienone is 1. The van der Waals surface area contributed by atoms with Gasteiger partial charge in [-0.3, -0.25) is 4.79 Å². The molecule has 0 saturated carbocycles. The smallest absolute Gasteiger partial charge is 0.248 e. The molecule has 102 valence electrons. The van der Waals surface area contributed by atoms with E-state index in [0.29, 0.717) is 0 Å². The summed E-state index contributed by atoms with van der Waals surface area (Å²) in [6, 6.07) is 7.73. The second kappa shape index (κ2) is 11.9. The minimum absolute atomic E-state index is 0.0751. The Balaban J connectivity index is 0. The maximum absolute atomic E-state index is 11.3. The summed E-state index contributed by atoms with van der Waals surface area (Å²) >= 11 is 0. The molecular weight excluding hydrogens is 222 g/mol. The molecule has 1 aromatic rings. The van der Waals surface area contributed by atoms with E-state index in [1.165, 1.54) is 5.56 Å². The first-order chi connectivity index (χ1) is 8.58. The van der Waals surface area contributed by atoms with Gasteiger partial charge in [0.2, 0.25) is 5.91 Å². The second-order valence-corrected chi connectivity index (χ2v) is 3.58. The number of anilines is 1. The standard InChI is InChI=1S/C12H15NO.2C2H6/c1-9(2)8-12(14)13-11-6-4-10(3)5-7-11;2*1-2/h4-8H,1-3H3,(H,13,14);2*1-2H3. The van der Waals surface area contributed by atoms with Crippen LogP contribution >= 0.6 is 0 Å². The molecule has 0 aromatic heterocycles. The SMILES string of the molecule is CC.CC.CC(C)=CC(=O)Nc1ccc(C)cc1. The molecule has 1 rings (SSSR count). The lowest BCUT2D eigenvalue weighted by atomic mass is 10.2. The number of carbonyl (C=O) groups is 1. The van der Waals surface area contributed by atoms with Gasteiger partial charge in [-0.15, -0.1) is 0 Å². The van der Waals surface area contributed by atoms with Crippen LogP contribution in [0.25, 0.3) is 0 Å². The van der Waals surface area contributed by atoms with Gasteiger partial charge in [0.15, 0.2) is 0 Å². The van der Waals surface area contributed by atoms with Crippen molar-refractivity contribution in [3.8, 4) is 0 Å². The highest BCUT2D eigenvalue weighted by atomic mass is 16.1. The Morgan fingerprint density at radius 2 is 1.44 bits per heavy atom. The predicted molar refractivity (Wildman–Crippen MR) is 81.9 cm³/mol. The first-order valence-electron chi connectivity index (χ1n) is 6.60. The zero-order valence-electron chi connectivity index (χ0n) is 12.8. The van der Waals surface area contributed by atoms with Crippen molar-refractivity contribution in [3.63, 3.8) is 0 Å². The van der Waals surface area contributed by atoms with Gasteiger partial charge in [0.1, 0.15) is 0 Å². The second-order valence-electron chi connectivity index (χ2n) is 3.58. The summed E-state index contributed by atoms with van der Waals surface area (Å²) < 4.78 is 0. The molecule has 0 bridgehead atoms. The lowest BCUT2D eigenvalue weighted by Crippen LogP contribution is -2.08. The Morgan fingerprint density at radius 1 is 1.00 bits per heavy atom. The normalized spacial score (nSPS) is 7.94. The number of rotatable bonds is 2. The minimum atomic E-state index is -0.0751. The molecule has 0 radical (unpaired) electrons.